The highest BCUT2D eigenvalue weighted by Crippen LogP contribution is 2.32. The molecule has 0 saturated carbocycles. The van der Waals surface area contributed by atoms with E-state index in [-0.39, 0.29) is 24.2 Å². The quantitative estimate of drug-likeness (QED) is 0.325. The van der Waals surface area contributed by atoms with Gasteiger partial charge in [-0.05, 0) is 31.5 Å². The number of benzene rings is 1. The number of rotatable bonds is 9. The van der Waals surface area contributed by atoms with Crippen LogP contribution >= 0.6 is 0 Å². The maximum atomic E-state index is 13.4. The van der Waals surface area contributed by atoms with Crippen LogP contribution in [0.3, 0.4) is 0 Å². The van der Waals surface area contributed by atoms with Gasteiger partial charge in [-0.1, -0.05) is 0 Å². The molecule has 182 valence electrons. The number of hydrogen-bond acceptors (Lipinski definition) is 10. The number of carbonyl (C=O) groups is 2. The first-order chi connectivity index (χ1) is 16.3. The lowest BCUT2D eigenvalue weighted by molar-refractivity contribution is 0.0357. The van der Waals surface area contributed by atoms with Crippen molar-refractivity contribution >= 4 is 34.3 Å². The summed E-state index contributed by atoms with van der Waals surface area (Å²) in [4.78, 5) is 32.7. The number of carbonyl (C=O) groups excluding carboxylic acids is 2. The molecular formula is C22H25N3O8S. The summed E-state index contributed by atoms with van der Waals surface area (Å²) >= 11 is -1.74. The van der Waals surface area contributed by atoms with E-state index in [1.165, 1.54) is 32.1 Å². The molecule has 0 aliphatic carbocycles. The summed E-state index contributed by atoms with van der Waals surface area (Å²) in [6.45, 7) is 3.23. The van der Waals surface area contributed by atoms with E-state index in [0.29, 0.717) is 39.4 Å². The summed E-state index contributed by atoms with van der Waals surface area (Å²) in [5, 5.41) is 0.118. The molecule has 12 heteroatoms. The van der Waals surface area contributed by atoms with Gasteiger partial charge in [-0.2, -0.15) is 4.98 Å². The summed E-state index contributed by atoms with van der Waals surface area (Å²) < 4.78 is 40.4. The Labute approximate surface area is 199 Å². The number of ether oxygens (including phenoxy) is 5. The predicted octanol–water partition coefficient (Wildman–Crippen LogP) is 2.98. The fourth-order valence-corrected chi connectivity index (χ4v) is 4.48. The van der Waals surface area contributed by atoms with Crippen molar-refractivity contribution in [1.29, 1.82) is 0 Å². The van der Waals surface area contributed by atoms with E-state index < -0.39 is 23.3 Å². The molecule has 0 spiro atoms. The summed E-state index contributed by atoms with van der Waals surface area (Å²) in [6, 6.07) is 4.86. The maximum absolute atomic E-state index is 13.4. The van der Waals surface area contributed by atoms with E-state index in [9.17, 15) is 14.1 Å². The second-order valence-electron chi connectivity index (χ2n) is 6.91. The number of aromatic nitrogens is 3. The molecule has 3 rings (SSSR count). The topological polar surface area (TPSA) is 134 Å². The lowest BCUT2D eigenvalue weighted by atomic mass is 10.1. The Kier molecular flexibility index (Phi) is 8.18. The standard InChI is InChI=1S/C22H25N3O8S/c1-6-32-22(27)33-12-25-17-9-13(2)14(20(26)31-5)10-15(17)24-21(25)34(28)11-16-19(30-4)18(29-3)7-8-23-16/h7-10H,6,11-12H2,1-5H3. The van der Waals surface area contributed by atoms with Crippen molar-refractivity contribution in [2.24, 2.45) is 0 Å². The first-order valence-corrected chi connectivity index (χ1v) is 11.5. The zero-order valence-corrected chi connectivity index (χ0v) is 20.3. The van der Waals surface area contributed by atoms with Crippen LogP contribution < -0.4 is 9.47 Å². The van der Waals surface area contributed by atoms with Crippen LogP contribution in [-0.4, -0.2) is 59.1 Å². The summed E-state index contributed by atoms with van der Waals surface area (Å²) in [7, 11) is 4.24. The zero-order valence-electron chi connectivity index (χ0n) is 19.4. The number of esters is 1. The van der Waals surface area contributed by atoms with E-state index in [2.05, 4.69) is 9.97 Å². The van der Waals surface area contributed by atoms with Crippen molar-refractivity contribution in [2.75, 3.05) is 27.9 Å². The van der Waals surface area contributed by atoms with Gasteiger partial charge in [0.05, 0.1) is 44.5 Å². The number of pyridine rings is 1. The molecule has 0 bridgehead atoms. The van der Waals surface area contributed by atoms with Gasteiger partial charge in [0, 0.05) is 23.4 Å². The van der Waals surface area contributed by atoms with Crippen LogP contribution in [0.4, 0.5) is 4.79 Å². The van der Waals surface area contributed by atoms with Crippen LogP contribution in [0.5, 0.6) is 11.5 Å². The monoisotopic (exact) mass is 491 g/mol. The molecule has 0 fully saturated rings. The summed E-state index contributed by atoms with van der Waals surface area (Å²) in [5.41, 5.74) is 2.23. The van der Waals surface area contributed by atoms with Crippen LogP contribution in [0.2, 0.25) is 0 Å². The van der Waals surface area contributed by atoms with Crippen molar-refractivity contribution < 1.29 is 37.8 Å². The fraction of sp³-hybridized carbons (Fsp3) is 0.364. The Balaban J connectivity index is 2.06. The number of hydrogen-bond donors (Lipinski definition) is 0. The third-order valence-electron chi connectivity index (χ3n) is 4.88. The molecule has 0 aliphatic rings. The van der Waals surface area contributed by atoms with Gasteiger partial charge in [-0.15, -0.1) is 0 Å². The molecule has 34 heavy (non-hydrogen) atoms. The van der Waals surface area contributed by atoms with Crippen LogP contribution in [0.25, 0.3) is 11.0 Å². The smallest absolute Gasteiger partial charge is 0.510 e. The molecule has 3 aromatic rings. The van der Waals surface area contributed by atoms with Gasteiger partial charge in [0.15, 0.2) is 24.0 Å². The molecule has 0 aliphatic heterocycles. The largest absolute Gasteiger partial charge is 0.609 e. The molecule has 11 nitrogen and oxygen atoms in total. The molecule has 0 saturated heterocycles. The zero-order chi connectivity index (χ0) is 24.8. The lowest BCUT2D eigenvalue weighted by Crippen LogP contribution is -2.17. The normalized spacial score (nSPS) is 11.7. The Morgan fingerprint density at radius 1 is 1.15 bits per heavy atom. The minimum Gasteiger partial charge on any atom is -0.609 e. The molecular weight excluding hydrogens is 466 g/mol. The van der Waals surface area contributed by atoms with Gasteiger partial charge in [0.25, 0.3) is 0 Å². The van der Waals surface area contributed by atoms with E-state index in [1.807, 2.05) is 0 Å². The number of imidazole rings is 1. The summed E-state index contributed by atoms with van der Waals surface area (Å²) in [5.74, 6) is 0.227. The third kappa shape index (κ3) is 5.18. The van der Waals surface area contributed by atoms with Gasteiger partial charge in [-0.3, -0.25) is 4.98 Å². The average Bonchev–Trinajstić information content (AvgIpc) is 3.19. The second kappa shape index (κ2) is 11.1. The highest BCUT2D eigenvalue weighted by Gasteiger charge is 2.27. The number of methoxy groups -OCH3 is 3. The number of nitrogens with zero attached hydrogens (tertiary/aromatic N) is 3. The highest BCUT2D eigenvalue weighted by molar-refractivity contribution is 7.90. The van der Waals surface area contributed by atoms with Crippen molar-refractivity contribution in [2.45, 2.75) is 31.5 Å². The van der Waals surface area contributed by atoms with Gasteiger partial charge >= 0.3 is 17.3 Å². The van der Waals surface area contributed by atoms with E-state index >= 15 is 0 Å². The minimum absolute atomic E-state index is 0.0497. The first kappa shape index (κ1) is 25.1. The second-order valence-corrected chi connectivity index (χ2v) is 8.25. The Morgan fingerprint density at radius 2 is 1.91 bits per heavy atom. The van der Waals surface area contributed by atoms with E-state index in [0.717, 1.165) is 0 Å². The van der Waals surface area contributed by atoms with Crippen molar-refractivity contribution in [1.82, 2.24) is 14.5 Å². The van der Waals surface area contributed by atoms with Gasteiger partial charge in [0.1, 0.15) is 5.69 Å². The molecule has 1 aromatic carbocycles. The van der Waals surface area contributed by atoms with Crippen LogP contribution in [0.1, 0.15) is 28.5 Å². The fourth-order valence-electron chi connectivity index (χ4n) is 3.30. The molecule has 0 amide bonds. The molecule has 0 N–H and O–H groups in total. The van der Waals surface area contributed by atoms with Crippen LogP contribution in [0, 0.1) is 6.92 Å². The molecule has 2 heterocycles. The Morgan fingerprint density at radius 3 is 2.56 bits per heavy atom. The van der Waals surface area contributed by atoms with Gasteiger partial charge in [0.2, 0.25) is 0 Å². The van der Waals surface area contributed by atoms with Gasteiger partial charge < -0.3 is 28.2 Å². The number of fused-ring (bicyclic) bond motifs is 1. The van der Waals surface area contributed by atoms with E-state index in [1.54, 1.807) is 32.0 Å². The third-order valence-corrected chi connectivity index (χ3v) is 6.13. The van der Waals surface area contributed by atoms with Crippen LogP contribution in [-0.2, 0) is 37.9 Å². The van der Waals surface area contributed by atoms with E-state index in [4.69, 9.17) is 23.7 Å². The highest BCUT2D eigenvalue weighted by atomic mass is 32.2. The molecule has 1 atom stereocenters. The molecule has 0 radical (unpaired) electrons. The Hall–Kier alpha value is -3.51. The van der Waals surface area contributed by atoms with Crippen molar-refractivity contribution in [3.05, 3.63) is 41.2 Å². The SMILES string of the molecule is CCOC(=O)OCn1c([S+]([O-])Cc2nccc(OC)c2OC)nc2cc(C(=O)OC)c(C)cc21. The van der Waals surface area contributed by atoms with Crippen molar-refractivity contribution in [3.63, 3.8) is 0 Å². The molecule has 2 aromatic heterocycles. The average molecular weight is 492 g/mol. The minimum atomic E-state index is -1.74. The first-order valence-electron chi connectivity index (χ1n) is 10.2. The van der Waals surface area contributed by atoms with Gasteiger partial charge in [-0.25, -0.2) is 14.2 Å². The maximum Gasteiger partial charge on any atom is 0.510 e. The van der Waals surface area contributed by atoms with Crippen LogP contribution in [0.15, 0.2) is 29.6 Å². The molecule has 1 unspecified atom stereocenters. The predicted molar refractivity (Wildman–Crippen MR) is 121 cm³/mol. The number of aryl methyl sites for hydroxylation is 1. The summed E-state index contributed by atoms with van der Waals surface area (Å²) in [6.07, 6.45) is 0.646. The lowest BCUT2D eigenvalue weighted by Gasteiger charge is -2.15. The van der Waals surface area contributed by atoms with Crippen molar-refractivity contribution in [3.8, 4) is 11.5 Å². The Bertz CT molecular complexity index is 1200.